The number of benzene rings is 1. The molecule has 0 saturated heterocycles. The van der Waals surface area contributed by atoms with E-state index in [1.165, 1.54) is 57.8 Å². The molecular formula is C30H54F2O. The van der Waals surface area contributed by atoms with Crippen molar-refractivity contribution in [2.75, 3.05) is 6.61 Å². The molecule has 3 heteroatoms. The van der Waals surface area contributed by atoms with Crippen LogP contribution >= 0.6 is 0 Å². The quantitative estimate of drug-likeness (QED) is 0.403. The van der Waals surface area contributed by atoms with Gasteiger partial charge in [-0.3, -0.25) is 0 Å². The fourth-order valence-corrected chi connectivity index (χ4v) is 5.39. The Hall–Kier alpha value is -1.12. The summed E-state index contributed by atoms with van der Waals surface area (Å²) in [5.41, 5.74) is 0.552. The maximum atomic E-state index is 14.5. The van der Waals surface area contributed by atoms with Crippen LogP contribution in [-0.4, -0.2) is 6.61 Å². The third-order valence-corrected chi connectivity index (χ3v) is 6.84. The van der Waals surface area contributed by atoms with Gasteiger partial charge in [-0.15, -0.1) is 0 Å². The summed E-state index contributed by atoms with van der Waals surface area (Å²) in [6, 6.07) is 3.34. The summed E-state index contributed by atoms with van der Waals surface area (Å²) in [7, 11) is 0. The molecule has 0 spiro atoms. The van der Waals surface area contributed by atoms with Crippen LogP contribution in [0.15, 0.2) is 12.1 Å². The molecule has 0 bridgehead atoms. The number of hydrogen-bond acceptors (Lipinski definition) is 1. The van der Waals surface area contributed by atoms with Crippen molar-refractivity contribution in [2.24, 2.45) is 17.8 Å². The molecule has 2 saturated carbocycles. The Labute approximate surface area is 205 Å². The summed E-state index contributed by atoms with van der Waals surface area (Å²) in [6.07, 6.45) is 13.8. The van der Waals surface area contributed by atoms with Crippen LogP contribution in [0.5, 0.6) is 5.75 Å². The van der Waals surface area contributed by atoms with Gasteiger partial charge in [-0.05, 0) is 80.8 Å². The standard InChI is InChI=1S/C23H34F2O.C3H8.2C2H6/c1-3-5-16-6-8-17(9-7-16)18-10-12-19(13-11-18)20-14-15-21(26-4-2)23(25)22(20)24;1-3-2;2*1-2/h14-19H,3-13H2,1-2H3;3H2,1-2H3;2*1-2H3. The number of rotatable bonds is 6. The van der Waals surface area contributed by atoms with E-state index in [0.717, 1.165) is 30.6 Å². The molecule has 1 nitrogen and oxygen atoms in total. The first-order chi connectivity index (χ1) is 16.0. The molecule has 0 aromatic heterocycles. The lowest BCUT2D eigenvalue weighted by Gasteiger charge is -2.38. The topological polar surface area (TPSA) is 9.23 Å². The lowest BCUT2D eigenvalue weighted by Crippen LogP contribution is -2.25. The van der Waals surface area contributed by atoms with E-state index in [4.69, 9.17) is 4.74 Å². The van der Waals surface area contributed by atoms with Gasteiger partial charge < -0.3 is 4.74 Å². The number of halogens is 2. The zero-order chi connectivity index (χ0) is 25.2. The van der Waals surface area contributed by atoms with Crippen LogP contribution in [0.2, 0.25) is 0 Å². The zero-order valence-corrected chi connectivity index (χ0v) is 23.1. The molecule has 194 valence electrons. The molecule has 1 aromatic carbocycles. The molecule has 3 rings (SSSR count). The van der Waals surface area contributed by atoms with E-state index in [-0.39, 0.29) is 11.7 Å². The third-order valence-electron chi connectivity index (χ3n) is 6.84. The molecule has 2 aliphatic rings. The Morgan fingerprint density at radius 1 is 0.727 bits per heavy atom. The molecule has 2 fully saturated rings. The Morgan fingerprint density at radius 2 is 1.21 bits per heavy atom. The van der Waals surface area contributed by atoms with Crippen molar-refractivity contribution >= 4 is 0 Å². The summed E-state index contributed by atoms with van der Waals surface area (Å²) in [5.74, 6) is 1.29. The zero-order valence-electron chi connectivity index (χ0n) is 23.1. The normalized spacial score (nSPS) is 24.2. The minimum atomic E-state index is -0.819. The molecular weight excluding hydrogens is 414 g/mol. The minimum Gasteiger partial charge on any atom is -0.491 e. The predicted octanol–water partition coefficient (Wildman–Crippen LogP) is 10.7. The van der Waals surface area contributed by atoms with Gasteiger partial charge in [0.1, 0.15) is 0 Å². The molecule has 1 aromatic rings. The van der Waals surface area contributed by atoms with Gasteiger partial charge in [0.25, 0.3) is 0 Å². The number of hydrogen-bond donors (Lipinski definition) is 0. The van der Waals surface area contributed by atoms with E-state index >= 15 is 0 Å². The summed E-state index contributed by atoms with van der Waals surface area (Å²) in [5, 5.41) is 0. The SMILES string of the molecule is CC.CC.CCC.CCCC1CCC(C2CCC(c3ccc(OCC)c(F)c3F)CC2)CC1. The second-order valence-corrected chi connectivity index (χ2v) is 9.10. The monoisotopic (exact) mass is 468 g/mol. The van der Waals surface area contributed by atoms with Crippen LogP contribution in [0.4, 0.5) is 8.78 Å². The van der Waals surface area contributed by atoms with Gasteiger partial charge >= 0.3 is 0 Å². The van der Waals surface area contributed by atoms with Crippen LogP contribution in [0.3, 0.4) is 0 Å². The van der Waals surface area contributed by atoms with E-state index in [0.29, 0.717) is 12.2 Å². The van der Waals surface area contributed by atoms with Crippen LogP contribution in [0.1, 0.15) is 138 Å². The molecule has 0 amide bonds. The van der Waals surface area contributed by atoms with Gasteiger partial charge in [0, 0.05) is 0 Å². The first-order valence-corrected chi connectivity index (χ1v) is 14.2. The maximum absolute atomic E-state index is 14.5. The van der Waals surface area contributed by atoms with Crippen LogP contribution in [0.25, 0.3) is 0 Å². The van der Waals surface area contributed by atoms with Crippen molar-refractivity contribution in [3.05, 3.63) is 29.3 Å². The van der Waals surface area contributed by atoms with Gasteiger partial charge in [0.2, 0.25) is 5.82 Å². The summed E-state index contributed by atoms with van der Waals surface area (Å²) < 4.78 is 33.8. The maximum Gasteiger partial charge on any atom is 0.200 e. The lowest BCUT2D eigenvalue weighted by molar-refractivity contribution is 0.155. The van der Waals surface area contributed by atoms with Crippen molar-refractivity contribution in [1.82, 2.24) is 0 Å². The molecule has 0 heterocycles. The van der Waals surface area contributed by atoms with E-state index in [1.54, 1.807) is 19.1 Å². The van der Waals surface area contributed by atoms with Crippen LogP contribution in [-0.2, 0) is 0 Å². The van der Waals surface area contributed by atoms with Gasteiger partial charge in [-0.25, -0.2) is 4.39 Å². The van der Waals surface area contributed by atoms with E-state index in [9.17, 15) is 8.78 Å². The van der Waals surface area contributed by atoms with Crippen molar-refractivity contribution in [3.8, 4) is 5.75 Å². The Kier molecular flexibility index (Phi) is 18.6. The molecule has 0 atom stereocenters. The highest BCUT2D eigenvalue weighted by Gasteiger charge is 2.32. The van der Waals surface area contributed by atoms with Crippen molar-refractivity contribution in [2.45, 2.75) is 132 Å². The van der Waals surface area contributed by atoms with Gasteiger partial charge in [0.15, 0.2) is 11.6 Å². The Balaban J connectivity index is 0.00000132. The van der Waals surface area contributed by atoms with Gasteiger partial charge in [-0.2, -0.15) is 4.39 Å². The fraction of sp³-hybridized carbons (Fsp3) is 0.800. The van der Waals surface area contributed by atoms with Gasteiger partial charge in [-0.1, -0.05) is 86.6 Å². The van der Waals surface area contributed by atoms with E-state index < -0.39 is 11.6 Å². The Morgan fingerprint density at radius 3 is 1.67 bits per heavy atom. The first kappa shape index (κ1) is 31.9. The average molecular weight is 469 g/mol. The smallest absolute Gasteiger partial charge is 0.200 e. The van der Waals surface area contributed by atoms with Crippen LogP contribution < -0.4 is 4.74 Å². The highest BCUT2D eigenvalue weighted by molar-refractivity contribution is 5.33. The first-order valence-electron chi connectivity index (χ1n) is 14.2. The average Bonchev–Trinajstić information content (AvgIpc) is 2.86. The minimum absolute atomic E-state index is 0.0336. The molecule has 33 heavy (non-hydrogen) atoms. The fourth-order valence-electron chi connectivity index (χ4n) is 5.39. The van der Waals surface area contributed by atoms with E-state index in [2.05, 4.69) is 20.8 Å². The van der Waals surface area contributed by atoms with Gasteiger partial charge in [0.05, 0.1) is 6.61 Å². The van der Waals surface area contributed by atoms with E-state index in [1.807, 2.05) is 27.7 Å². The summed E-state index contributed by atoms with van der Waals surface area (Å²) in [4.78, 5) is 0. The summed E-state index contributed by atoms with van der Waals surface area (Å²) in [6.45, 7) is 16.7. The lowest BCUT2D eigenvalue weighted by atomic mass is 9.68. The van der Waals surface area contributed by atoms with Crippen molar-refractivity contribution < 1.29 is 13.5 Å². The molecule has 0 aliphatic heterocycles. The summed E-state index contributed by atoms with van der Waals surface area (Å²) >= 11 is 0. The van der Waals surface area contributed by atoms with Crippen molar-refractivity contribution in [1.29, 1.82) is 0 Å². The third kappa shape index (κ3) is 10.4. The highest BCUT2D eigenvalue weighted by atomic mass is 19.2. The second-order valence-electron chi connectivity index (χ2n) is 9.10. The predicted molar refractivity (Wildman–Crippen MR) is 141 cm³/mol. The number of ether oxygens (including phenoxy) is 1. The highest BCUT2D eigenvalue weighted by Crippen LogP contribution is 2.45. The van der Waals surface area contributed by atoms with Crippen LogP contribution in [0, 0.1) is 29.4 Å². The van der Waals surface area contributed by atoms with Crippen molar-refractivity contribution in [3.63, 3.8) is 0 Å². The molecule has 2 aliphatic carbocycles. The molecule has 0 unspecified atom stereocenters. The molecule has 0 N–H and O–H groups in total. The largest absolute Gasteiger partial charge is 0.491 e. The Bertz CT molecular complexity index is 585. The molecule has 0 radical (unpaired) electrons. The second kappa shape index (κ2) is 19.2.